The molecule has 1 N–H and O–H groups in total. The average Bonchev–Trinajstić information content (AvgIpc) is 3.42. The summed E-state index contributed by atoms with van der Waals surface area (Å²) < 4.78 is 34.9. The molecule has 4 rings (SSSR count). The predicted octanol–water partition coefficient (Wildman–Crippen LogP) is 2.46. The smallest absolute Gasteiger partial charge is 0.243 e. The van der Waals surface area contributed by atoms with Crippen LogP contribution in [0.25, 0.3) is 11.0 Å². The molecule has 0 radical (unpaired) electrons. The number of rotatable bonds is 8. The summed E-state index contributed by atoms with van der Waals surface area (Å²) in [5.74, 6) is 0.825. The molecule has 31 heavy (non-hydrogen) atoms. The van der Waals surface area contributed by atoms with E-state index in [9.17, 15) is 13.2 Å². The van der Waals surface area contributed by atoms with Crippen molar-refractivity contribution >= 4 is 27.0 Å². The minimum absolute atomic E-state index is 0.00269. The van der Waals surface area contributed by atoms with Crippen LogP contribution >= 0.6 is 0 Å². The molecule has 0 saturated carbocycles. The lowest BCUT2D eigenvalue weighted by Gasteiger charge is -2.23. The highest BCUT2D eigenvalue weighted by Crippen LogP contribution is 2.26. The number of carbonyl (C=O) groups is 1. The fourth-order valence-corrected chi connectivity index (χ4v) is 5.98. The Bertz CT molecular complexity index is 1020. The van der Waals surface area contributed by atoms with E-state index in [1.54, 1.807) is 16.4 Å². The first-order chi connectivity index (χ1) is 15.0. The highest BCUT2D eigenvalue weighted by Gasteiger charge is 2.28. The minimum atomic E-state index is -3.48. The summed E-state index contributed by atoms with van der Waals surface area (Å²) in [4.78, 5) is 17.4. The summed E-state index contributed by atoms with van der Waals surface area (Å²) in [7, 11) is -3.48. The van der Waals surface area contributed by atoms with Crippen LogP contribution in [0.5, 0.6) is 0 Å². The lowest BCUT2D eigenvalue weighted by atomic mass is 10.1. The van der Waals surface area contributed by atoms with Crippen LogP contribution in [-0.4, -0.2) is 60.5 Å². The molecule has 2 saturated heterocycles. The summed E-state index contributed by atoms with van der Waals surface area (Å²) in [6.07, 6.45) is 5.54. The summed E-state index contributed by atoms with van der Waals surface area (Å²) in [6, 6.07) is 5.31. The number of amides is 1. The van der Waals surface area contributed by atoms with Crippen molar-refractivity contribution in [3.8, 4) is 0 Å². The van der Waals surface area contributed by atoms with Gasteiger partial charge in [-0.25, -0.2) is 13.4 Å². The van der Waals surface area contributed by atoms with Gasteiger partial charge < -0.3 is 14.6 Å². The molecular formula is C22H32N4O4S. The molecule has 1 aromatic carbocycles. The van der Waals surface area contributed by atoms with Crippen LogP contribution < -0.4 is 5.32 Å². The Morgan fingerprint density at radius 2 is 2.06 bits per heavy atom. The Kier molecular flexibility index (Phi) is 6.93. The van der Waals surface area contributed by atoms with Crippen molar-refractivity contribution in [3.05, 3.63) is 24.0 Å². The largest absolute Gasteiger partial charge is 0.379 e. The van der Waals surface area contributed by atoms with Gasteiger partial charge in [-0.1, -0.05) is 6.92 Å². The van der Waals surface area contributed by atoms with Gasteiger partial charge in [0.2, 0.25) is 15.9 Å². The van der Waals surface area contributed by atoms with Crippen LogP contribution in [0.4, 0.5) is 0 Å². The Morgan fingerprint density at radius 1 is 1.26 bits per heavy atom. The van der Waals surface area contributed by atoms with Gasteiger partial charge in [0.25, 0.3) is 0 Å². The van der Waals surface area contributed by atoms with Crippen molar-refractivity contribution in [2.45, 2.75) is 69.4 Å². The summed E-state index contributed by atoms with van der Waals surface area (Å²) in [5.41, 5.74) is 1.59. The number of hydrogen-bond donors (Lipinski definition) is 1. The summed E-state index contributed by atoms with van der Waals surface area (Å²) >= 11 is 0. The molecule has 0 aliphatic carbocycles. The highest BCUT2D eigenvalue weighted by molar-refractivity contribution is 7.89. The van der Waals surface area contributed by atoms with Crippen molar-refractivity contribution in [1.29, 1.82) is 0 Å². The molecule has 1 amide bonds. The summed E-state index contributed by atoms with van der Waals surface area (Å²) in [5, 5.41) is 3.05. The van der Waals surface area contributed by atoms with Gasteiger partial charge in [0.1, 0.15) is 5.82 Å². The Labute approximate surface area is 184 Å². The molecule has 0 bridgehead atoms. The van der Waals surface area contributed by atoms with Crippen LogP contribution in [0.2, 0.25) is 0 Å². The second-order valence-corrected chi connectivity index (χ2v) is 10.4. The Morgan fingerprint density at radius 3 is 2.77 bits per heavy atom. The molecule has 2 aliphatic rings. The van der Waals surface area contributed by atoms with E-state index < -0.39 is 10.0 Å². The van der Waals surface area contributed by atoms with Gasteiger partial charge in [0.05, 0.1) is 28.6 Å². The first-order valence-electron chi connectivity index (χ1n) is 11.4. The zero-order chi connectivity index (χ0) is 21.8. The van der Waals surface area contributed by atoms with E-state index in [0.29, 0.717) is 43.0 Å². The second kappa shape index (κ2) is 9.67. The standard InChI is InChI=1S/C22H32N4O4S/c1-2-11-26-20-8-7-18(31(28,29)25-12-3-4-13-25)15-19(20)24-21(26)9-10-22(27)23-17-6-5-14-30-16-17/h7-8,15,17H,2-6,9-14,16H2,1H3,(H,23,27). The van der Waals surface area contributed by atoms with Gasteiger partial charge in [-0.15, -0.1) is 0 Å². The third kappa shape index (κ3) is 4.94. The maximum absolute atomic E-state index is 12.9. The normalized spacial score (nSPS) is 20.4. The number of sulfonamides is 1. The van der Waals surface area contributed by atoms with Crippen LogP contribution in [0.1, 0.15) is 51.3 Å². The third-order valence-electron chi connectivity index (χ3n) is 6.05. The number of hydrogen-bond acceptors (Lipinski definition) is 5. The van der Waals surface area contributed by atoms with Crippen LogP contribution in [0.3, 0.4) is 0 Å². The van der Waals surface area contributed by atoms with Crippen LogP contribution in [0, 0.1) is 0 Å². The van der Waals surface area contributed by atoms with Crippen molar-refractivity contribution < 1.29 is 17.9 Å². The monoisotopic (exact) mass is 448 g/mol. The number of imidazole rings is 1. The SMILES string of the molecule is CCCn1c(CCC(=O)NC2CCCOC2)nc2cc(S(=O)(=O)N3CCCC3)ccc21. The molecule has 1 atom stereocenters. The molecule has 2 aromatic rings. The fourth-order valence-electron chi connectivity index (χ4n) is 4.44. The number of benzene rings is 1. The lowest BCUT2D eigenvalue weighted by molar-refractivity contribution is -0.122. The molecule has 170 valence electrons. The molecule has 1 unspecified atom stereocenters. The number of nitrogens with zero attached hydrogens (tertiary/aromatic N) is 3. The van der Waals surface area contributed by atoms with Crippen molar-refractivity contribution in [3.63, 3.8) is 0 Å². The Hall–Kier alpha value is -1.97. The van der Waals surface area contributed by atoms with E-state index in [-0.39, 0.29) is 11.9 Å². The number of fused-ring (bicyclic) bond motifs is 1. The average molecular weight is 449 g/mol. The van der Waals surface area contributed by atoms with Gasteiger partial charge in [-0.05, 0) is 50.3 Å². The molecule has 2 aliphatic heterocycles. The van der Waals surface area contributed by atoms with Crippen LogP contribution in [-0.2, 0) is 32.5 Å². The number of nitrogens with one attached hydrogen (secondary N) is 1. The van der Waals surface area contributed by atoms with E-state index in [4.69, 9.17) is 9.72 Å². The first kappa shape index (κ1) is 22.2. The quantitative estimate of drug-likeness (QED) is 0.670. The number of ether oxygens (including phenoxy) is 1. The second-order valence-electron chi connectivity index (χ2n) is 8.42. The zero-order valence-electron chi connectivity index (χ0n) is 18.2. The molecular weight excluding hydrogens is 416 g/mol. The molecule has 9 heteroatoms. The van der Waals surface area contributed by atoms with Crippen molar-refractivity contribution in [2.75, 3.05) is 26.3 Å². The molecule has 3 heterocycles. The molecule has 1 aromatic heterocycles. The molecule has 0 spiro atoms. The van der Waals surface area contributed by atoms with Crippen molar-refractivity contribution in [2.24, 2.45) is 0 Å². The highest BCUT2D eigenvalue weighted by atomic mass is 32.2. The van der Waals surface area contributed by atoms with Gasteiger partial charge in [-0.2, -0.15) is 4.31 Å². The van der Waals surface area contributed by atoms with Crippen LogP contribution in [0.15, 0.2) is 23.1 Å². The maximum atomic E-state index is 12.9. The van der Waals surface area contributed by atoms with E-state index >= 15 is 0 Å². The van der Waals surface area contributed by atoms with E-state index in [0.717, 1.165) is 56.6 Å². The van der Waals surface area contributed by atoms with E-state index in [1.165, 1.54) is 0 Å². The maximum Gasteiger partial charge on any atom is 0.243 e. The zero-order valence-corrected chi connectivity index (χ0v) is 19.0. The van der Waals surface area contributed by atoms with Gasteiger partial charge in [0, 0.05) is 39.1 Å². The number of carbonyl (C=O) groups excluding carboxylic acids is 1. The molecule has 8 nitrogen and oxygen atoms in total. The topological polar surface area (TPSA) is 93.5 Å². The Balaban J connectivity index is 1.52. The predicted molar refractivity (Wildman–Crippen MR) is 118 cm³/mol. The summed E-state index contributed by atoms with van der Waals surface area (Å²) in [6.45, 7) is 5.38. The van der Waals surface area contributed by atoms with E-state index in [2.05, 4.69) is 16.8 Å². The minimum Gasteiger partial charge on any atom is -0.379 e. The van der Waals surface area contributed by atoms with Gasteiger partial charge in [-0.3, -0.25) is 4.79 Å². The van der Waals surface area contributed by atoms with Gasteiger partial charge >= 0.3 is 0 Å². The van der Waals surface area contributed by atoms with E-state index in [1.807, 2.05) is 6.07 Å². The number of aryl methyl sites for hydroxylation is 2. The first-order valence-corrected chi connectivity index (χ1v) is 12.8. The fraction of sp³-hybridized carbons (Fsp3) is 0.636. The number of aromatic nitrogens is 2. The lowest BCUT2D eigenvalue weighted by Crippen LogP contribution is -2.40. The van der Waals surface area contributed by atoms with Crippen molar-refractivity contribution in [1.82, 2.24) is 19.2 Å². The van der Waals surface area contributed by atoms with Gasteiger partial charge in [0.15, 0.2) is 0 Å². The molecule has 2 fully saturated rings. The third-order valence-corrected chi connectivity index (χ3v) is 7.94.